The fourth-order valence-electron chi connectivity index (χ4n) is 1.55. The van der Waals surface area contributed by atoms with Crippen LogP contribution in [0, 0.1) is 0 Å². The van der Waals surface area contributed by atoms with Crippen LogP contribution in [0.4, 0.5) is 0 Å². The summed E-state index contributed by atoms with van der Waals surface area (Å²) in [6, 6.07) is 5.21. The zero-order chi connectivity index (χ0) is 14.3. The number of hydrogen-bond acceptors (Lipinski definition) is 5. The summed E-state index contributed by atoms with van der Waals surface area (Å²) in [6.07, 6.45) is 1.84. The number of phenolic OH excluding ortho intramolecular Hbond substituents is 1. The third-order valence-corrected chi connectivity index (χ3v) is 3.20. The minimum atomic E-state index is -3.10. The first-order valence-electron chi connectivity index (χ1n) is 5.93. The molecule has 0 bridgehead atoms. The summed E-state index contributed by atoms with van der Waals surface area (Å²) in [4.78, 5) is 0. The maximum atomic E-state index is 10.8. The summed E-state index contributed by atoms with van der Waals surface area (Å²) in [7, 11) is -1.60. The SMILES string of the molecule is COc1ccc(CNCCCNS(C)(=O)=O)cc1O. The van der Waals surface area contributed by atoms with Crippen molar-refractivity contribution >= 4 is 10.0 Å². The predicted molar refractivity (Wildman–Crippen MR) is 73.8 cm³/mol. The smallest absolute Gasteiger partial charge is 0.208 e. The van der Waals surface area contributed by atoms with Crippen molar-refractivity contribution in [2.24, 2.45) is 0 Å². The molecule has 0 radical (unpaired) electrons. The Balaban J connectivity index is 2.24. The molecule has 1 aromatic carbocycles. The van der Waals surface area contributed by atoms with E-state index in [2.05, 4.69) is 10.0 Å². The van der Waals surface area contributed by atoms with Crippen LogP contribution >= 0.6 is 0 Å². The molecule has 0 aliphatic carbocycles. The molecule has 0 saturated carbocycles. The standard InChI is InChI=1S/C12H20N2O4S/c1-18-12-5-4-10(8-11(12)15)9-13-6-3-7-14-19(2,16)17/h4-5,8,13-15H,3,6-7,9H2,1-2H3. The van der Waals surface area contributed by atoms with E-state index in [0.717, 1.165) is 11.8 Å². The molecule has 0 aliphatic heterocycles. The van der Waals surface area contributed by atoms with Gasteiger partial charge in [0.05, 0.1) is 13.4 Å². The maximum Gasteiger partial charge on any atom is 0.208 e. The summed E-state index contributed by atoms with van der Waals surface area (Å²) < 4.78 is 29.0. The molecule has 1 aromatic rings. The zero-order valence-electron chi connectivity index (χ0n) is 11.1. The Morgan fingerprint density at radius 1 is 1.32 bits per heavy atom. The molecule has 0 aromatic heterocycles. The average Bonchev–Trinajstić information content (AvgIpc) is 2.32. The highest BCUT2D eigenvalue weighted by molar-refractivity contribution is 7.88. The van der Waals surface area contributed by atoms with Gasteiger partial charge in [0, 0.05) is 13.1 Å². The van der Waals surface area contributed by atoms with Crippen LogP contribution in [0.2, 0.25) is 0 Å². The lowest BCUT2D eigenvalue weighted by Gasteiger charge is -2.08. The summed E-state index contributed by atoms with van der Waals surface area (Å²) in [5, 5.41) is 12.8. The van der Waals surface area contributed by atoms with Crippen LogP contribution in [0.1, 0.15) is 12.0 Å². The lowest BCUT2D eigenvalue weighted by atomic mass is 10.2. The summed E-state index contributed by atoms with van der Waals surface area (Å²) in [5.41, 5.74) is 0.939. The Morgan fingerprint density at radius 3 is 2.63 bits per heavy atom. The van der Waals surface area contributed by atoms with E-state index in [1.807, 2.05) is 6.07 Å². The van der Waals surface area contributed by atoms with Crippen molar-refractivity contribution < 1.29 is 18.3 Å². The van der Waals surface area contributed by atoms with E-state index in [1.165, 1.54) is 7.11 Å². The second-order valence-corrected chi connectivity index (χ2v) is 6.04. The van der Waals surface area contributed by atoms with Crippen LogP contribution in [0.15, 0.2) is 18.2 Å². The molecule has 108 valence electrons. The number of aromatic hydroxyl groups is 1. The Hall–Kier alpha value is -1.31. The Bertz CT molecular complexity index is 502. The highest BCUT2D eigenvalue weighted by atomic mass is 32.2. The van der Waals surface area contributed by atoms with Gasteiger partial charge in [-0.05, 0) is 30.7 Å². The van der Waals surface area contributed by atoms with E-state index >= 15 is 0 Å². The van der Waals surface area contributed by atoms with Gasteiger partial charge in [0.15, 0.2) is 11.5 Å². The van der Waals surface area contributed by atoms with E-state index in [4.69, 9.17) is 4.74 Å². The van der Waals surface area contributed by atoms with E-state index < -0.39 is 10.0 Å². The molecule has 0 atom stereocenters. The second-order valence-electron chi connectivity index (χ2n) is 4.20. The van der Waals surface area contributed by atoms with Gasteiger partial charge >= 0.3 is 0 Å². The molecule has 1 rings (SSSR count). The van der Waals surface area contributed by atoms with Crippen molar-refractivity contribution in [3.8, 4) is 11.5 Å². The quantitative estimate of drug-likeness (QED) is 0.604. The monoisotopic (exact) mass is 288 g/mol. The molecule has 0 aliphatic rings. The van der Waals surface area contributed by atoms with Crippen LogP contribution in [-0.4, -0.2) is 40.0 Å². The molecule has 3 N–H and O–H groups in total. The predicted octanol–water partition coefficient (Wildman–Crippen LogP) is 0.430. The normalized spacial score (nSPS) is 11.5. The Morgan fingerprint density at radius 2 is 2.05 bits per heavy atom. The molecule has 0 amide bonds. The third kappa shape index (κ3) is 6.42. The van der Waals surface area contributed by atoms with E-state index in [0.29, 0.717) is 31.8 Å². The average molecular weight is 288 g/mol. The largest absolute Gasteiger partial charge is 0.504 e. The number of benzene rings is 1. The van der Waals surface area contributed by atoms with Crippen molar-refractivity contribution in [2.45, 2.75) is 13.0 Å². The minimum Gasteiger partial charge on any atom is -0.504 e. The molecule has 7 heteroatoms. The van der Waals surface area contributed by atoms with Crippen LogP contribution in [0.5, 0.6) is 11.5 Å². The second kappa shape index (κ2) is 7.32. The molecular weight excluding hydrogens is 268 g/mol. The number of methoxy groups -OCH3 is 1. The van der Waals surface area contributed by atoms with Crippen LogP contribution in [0.3, 0.4) is 0 Å². The van der Waals surface area contributed by atoms with Crippen molar-refractivity contribution in [1.29, 1.82) is 0 Å². The molecule has 0 fully saturated rings. The molecule has 0 spiro atoms. The van der Waals surface area contributed by atoms with Gasteiger partial charge in [0.1, 0.15) is 0 Å². The highest BCUT2D eigenvalue weighted by Crippen LogP contribution is 2.25. The van der Waals surface area contributed by atoms with Crippen LogP contribution in [0.25, 0.3) is 0 Å². The van der Waals surface area contributed by atoms with Gasteiger partial charge in [-0.3, -0.25) is 0 Å². The van der Waals surface area contributed by atoms with E-state index in [9.17, 15) is 13.5 Å². The molecule has 0 unspecified atom stereocenters. The van der Waals surface area contributed by atoms with Gasteiger partial charge < -0.3 is 15.2 Å². The minimum absolute atomic E-state index is 0.112. The number of hydrogen-bond donors (Lipinski definition) is 3. The molecule has 6 nitrogen and oxygen atoms in total. The maximum absolute atomic E-state index is 10.8. The number of phenols is 1. The molecule has 0 saturated heterocycles. The van der Waals surface area contributed by atoms with Gasteiger partial charge in [0.2, 0.25) is 10.0 Å². The number of rotatable bonds is 8. The van der Waals surface area contributed by atoms with Crippen molar-refractivity contribution in [2.75, 3.05) is 26.5 Å². The zero-order valence-corrected chi connectivity index (χ0v) is 12.0. The number of sulfonamides is 1. The van der Waals surface area contributed by atoms with Gasteiger partial charge in [0.25, 0.3) is 0 Å². The number of ether oxygens (including phenoxy) is 1. The Kier molecular flexibility index (Phi) is 6.07. The van der Waals surface area contributed by atoms with E-state index in [-0.39, 0.29) is 5.75 Å². The van der Waals surface area contributed by atoms with Crippen LogP contribution < -0.4 is 14.8 Å². The molecule has 19 heavy (non-hydrogen) atoms. The first-order valence-corrected chi connectivity index (χ1v) is 7.83. The molecule has 0 heterocycles. The van der Waals surface area contributed by atoms with E-state index in [1.54, 1.807) is 12.1 Å². The van der Waals surface area contributed by atoms with Crippen molar-refractivity contribution in [3.63, 3.8) is 0 Å². The molecular formula is C12H20N2O4S. The summed E-state index contributed by atoms with van der Waals surface area (Å²) in [6.45, 7) is 1.71. The van der Waals surface area contributed by atoms with Gasteiger partial charge in [-0.1, -0.05) is 6.07 Å². The first-order chi connectivity index (χ1) is 8.92. The van der Waals surface area contributed by atoms with Crippen molar-refractivity contribution in [1.82, 2.24) is 10.0 Å². The first kappa shape index (κ1) is 15.7. The Labute approximate surface area is 113 Å². The van der Waals surface area contributed by atoms with Gasteiger partial charge in [-0.15, -0.1) is 0 Å². The third-order valence-electron chi connectivity index (χ3n) is 2.47. The van der Waals surface area contributed by atoms with Gasteiger partial charge in [-0.25, -0.2) is 13.1 Å². The summed E-state index contributed by atoms with van der Waals surface area (Å²) in [5.74, 6) is 0.557. The lowest BCUT2D eigenvalue weighted by Crippen LogP contribution is -2.26. The summed E-state index contributed by atoms with van der Waals surface area (Å²) >= 11 is 0. The van der Waals surface area contributed by atoms with Crippen LogP contribution in [-0.2, 0) is 16.6 Å². The fourth-order valence-corrected chi connectivity index (χ4v) is 2.06. The fraction of sp³-hybridized carbons (Fsp3) is 0.500. The van der Waals surface area contributed by atoms with Crippen molar-refractivity contribution in [3.05, 3.63) is 23.8 Å². The highest BCUT2D eigenvalue weighted by Gasteiger charge is 2.02. The van der Waals surface area contributed by atoms with Gasteiger partial charge in [-0.2, -0.15) is 0 Å². The topological polar surface area (TPSA) is 87.7 Å². The number of nitrogens with one attached hydrogen (secondary N) is 2. The lowest BCUT2D eigenvalue weighted by molar-refractivity contribution is 0.373.